The molecular formula is C24H18Cl2N2O. The van der Waals surface area contributed by atoms with Crippen LogP contribution in [0.25, 0.3) is 22.5 Å². The highest BCUT2D eigenvalue weighted by Crippen LogP contribution is 2.31. The number of ether oxygens (including phenoxy) is 1. The quantitative estimate of drug-likeness (QED) is 0.342. The molecule has 0 bridgehead atoms. The minimum atomic E-state index is 0.366. The Morgan fingerprint density at radius 3 is 2.24 bits per heavy atom. The third kappa shape index (κ3) is 4.83. The van der Waals surface area contributed by atoms with Crippen LogP contribution in [0.4, 0.5) is 0 Å². The Hall–Kier alpha value is -2.72. The second kappa shape index (κ2) is 9.19. The first-order chi connectivity index (χ1) is 14.2. The highest BCUT2D eigenvalue weighted by molar-refractivity contribution is 6.36. The fourth-order valence-corrected chi connectivity index (χ4v) is 3.59. The van der Waals surface area contributed by atoms with E-state index in [4.69, 9.17) is 27.9 Å². The molecule has 1 heterocycles. The summed E-state index contributed by atoms with van der Waals surface area (Å²) in [7, 11) is 0. The van der Waals surface area contributed by atoms with E-state index in [1.807, 2.05) is 30.3 Å². The van der Waals surface area contributed by atoms with Gasteiger partial charge in [-0.3, -0.25) is 0 Å². The molecule has 0 spiro atoms. The normalized spacial score (nSPS) is 10.8. The van der Waals surface area contributed by atoms with Gasteiger partial charge in [-0.05, 0) is 46.5 Å². The van der Waals surface area contributed by atoms with E-state index in [1.54, 1.807) is 24.5 Å². The molecule has 4 rings (SSSR count). The molecule has 1 aromatic heterocycles. The molecule has 0 radical (unpaired) electrons. The smallest absolute Gasteiger partial charge is 0.160 e. The van der Waals surface area contributed by atoms with Crippen LogP contribution >= 0.6 is 23.2 Å². The molecule has 0 aliphatic carbocycles. The summed E-state index contributed by atoms with van der Waals surface area (Å²) in [6.45, 7) is 0.849. The molecule has 0 atom stereocenters. The SMILES string of the molecule is Clc1cc(Cl)c(-c2ncccn2)cc1COCc1cccc(-c2ccccc2)c1. The summed E-state index contributed by atoms with van der Waals surface area (Å²) < 4.78 is 5.94. The summed E-state index contributed by atoms with van der Waals surface area (Å²) in [5.74, 6) is 0.561. The molecule has 0 unspecified atom stereocenters. The average molecular weight is 421 g/mol. The Labute approximate surface area is 179 Å². The van der Waals surface area contributed by atoms with Crippen molar-refractivity contribution in [2.45, 2.75) is 13.2 Å². The molecule has 0 amide bonds. The average Bonchev–Trinajstić information content (AvgIpc) is 2.77. The summed E-state index contributed by atoms with van der Waals surface area (Å²) in [5, 5.41) is 1.08. The molecule has 0 saturated carbocycles. The molecule has 3 aromatic carbocycles. The van der Waals surface area contributed by atoms with Gasteiger partial charge in [-0.1, -0.05) is 71.7 Å². The maximum Gasteiger partial charge on any atom is 0.160 e. The van der Waals surface area contributed by atoms with E-state index in [0.29, 0.717) is 29.1 Å². The maximum absolute atomic E-state index is 6.37. The summed E-state index contributed by atoms with van der Waals surface area (Å²) in [6.07, 6.45) is 3.37. The lowest BCUT2D eigenvalue weighted by Gasteiger charge is -2.11. The van der Waals surface area contributed by atoms with Gasteiger partial charge in [-0.15, -0.1) is 0 Å². The summed E-state index contributed by atoms with van der Waals surface area (Å²) >= 11 is 12.7. The number of benzene rings is 3. The molecule has 0 saturated heterocycles. The zero-order valence-corrected chi connectivity index (χ0v) is 17.1. The molecule has 5 heteroatoms. The van der Waals surface area contributed by atoms with Crippen molar-refractivity contribution in [3.63, 3.8) is 0 Å². The molecule has 0 aliphatic heterocycles. The van der Waals surface area contributed by atoms with Gasteiger partial charge >= 0.3 is 0 Å². The van der Waals surface area contributed by atoms with Crippen LogP contribution in [0.5, 0.6) is 0 Å². The zero-order valence-electron chi connectivity index (χ0n) is 15.6. The van der Waals surface area contributed by atoms with Crippen LogP contribution in [-0.2, 0) is 18.0 Å². The summed E-state index contributed by atoms with van der Waals surface area (Å²) in [4.78, 5) is 8.54. The van der Waals surface area contributed by atoms with Crippen LogP contribution in [-0.4, -0.2) is 9.97 Å². The Bertz CT molecular complexity index is 1100. The van der Waals surface area contributed by atoms with Crippen LogP contribution < -0.4 is 0 Å². The lowest BCUT2D eigenvalue weighted by Crippen LogP contribution is -1.97. The van der Waals surface area contributed by atoms with Crippen molar-refractivity contribution < 1.29 is 4.74 Å². The molecule has 29 heavy (non-hydrogen) atoms. The van der Waals surface area contributed by atoms with E-state index < -0.39 is 0 Å². The molecule has 0 N–H and O–H groups in total. The van der Waals surface area contributed by atoms with Crippen molar-refractivity contribution in [2.24, 2.45) is 0 Å². The highest BCUT2D eigenvalue weighted by Gasteiger charge is 2.11. The number of nitrogens with zero attached hydrogens (tertiary/aromatic N) is 2. The third-order valence-corrected chi connectivity index (χ3v) is 5.17. The fourth-order valence-electron chi connectivity index (χ4n) is 3.06. The van der Waals surface area contributed by atoms with Crippen LogP contribution in [0.3, 0.4) is 0 Å². The number of halogens is 2. The van der Waals surface area contributed by atoms with Gasteiger partial charge in [-0.2, -0.15) is 0 Å². The van der Waals surface area contributed by atoms with Crippen molar-refractivity contribution in [2.75, 3.05) is 0 Å². The molecule has 0 aliphatic rings. The van der Waals surface area contributed by atoms with Gasteiger partial charge < -0.3 is 4.74 Å². The Morgan fingerprint density at radius 1 is 0.690 bits per heavy atom. The van der Waals surface area contributed by atoms with Crippen LogP contribution in [0.2, 0.25) is 10.0 Å². The number of hydrogen-bond acceptors (Lipinski definition) is 3. The molecule has 0 fully saturated rings. The number of rotatable bonds is 6. The van der Waals surface area contributed by atoms with Gasteiger partial charge in [0, 0.05) is 23.0 Å². The molecule has 4 aromatic rings. The van der Waals surface area contributed by atoms with Crippen molar-refractivity contribution in [3.8, 4) is 22.5 Å². The number of hydrogen-bond donors (Lipinski definition) is 0. The first-order valence-electron chi connectivity index (χ1n) is 9.18. The van der Waals surface area contributed by atoms with Gasteiger partial charge in [0.1, 0.15) is 0 Å². The van der Waals surface area contributed by atoms with Gasteiger partial charge in [0.15, 0.2) is 5.82 Å². The van der Waals surface area contributed by atoms with Crippen LogP contribution in [0.1, 0.15) is 11.1 Å². The van der Waals surface area contributed by atoms with E-state index >= 15 is 0 Å². The van der Waals surface area contributed by atoms with E-state index in [-0.39, 0.29) is 0 Å². The van der Waals surface area contributed by atoms with Crippen molar-refractivity contribution >= 4 is 23.2 Å². The van der Waals surface area contributed by atoms with Gasteiger partial charge in [0.25, 0.3) is 0 Å². The molecule has 3 nitrogen and oxygen atoms in total. The second-order valence-corrected chi connectivity index (χ2v) is 7.37. The standard InChI is InChI=1S/C24H18Cl2N2O/c25-22-14-23(26)21(24-27-10-5-11-28-24)13-20(22)16-29-15-17-6-4-9-19(12-17)18-7-2-1-3-8-18/h1-14H,15-16H2. The van der Waals surface area contributed by atoms with Gasteiger partial charge in [0.2, 0.25) is 0 Å². The molecular weight excluding hydrogens is 403 g/mol. The van der Waals surface area contributed by atoms with E-state index in [1.165, 1.54) is 11.1 Å². The van der Waals surface area contributed by atoms with E-state index in [0.717, 1.165) is 16.7 Å². The Balaban J connectivity index is 1.48. The highest BCUT2D eigenvalue weighted by atomic mass is 35.5. The molecule has 144 valence electrons. The second-order valence-electron chi connectivity index (χ2n) is 6.56. The van der Waals surface area contributed by atoms with Crippen LogP contribution in [0.15, 0.2) is 85.2 Å². The van der Waals surface area contributed by atoms with E-state index in [2.05, 4.69) is 40.3 Å². The minimum absolute atomic E-state index is 0.366. The Morgan fingerprint density at radius 2 is 1.45 bits per heavy atom. The lowest BCUT2D eigenvalue weighted by atomic mass is 10.0. The Kier molecular flexibility index (Phi) is 6.20. The van der Waals surface area contributed by atoms with Crippen molar-refractivity contribution in [3.05, 3.63) is 106 Å². The van der Waals surface area contributed by atoms with Crippen molar-refractivity contribution in [1.82, 2.24) is 9.97 Å². The predicted molar refractivity (Wildman–Crippen MR) is 118 cm³/mol. The summed E-state index contributed by atoms with van der Waals surface area (Å²) in [5.41, 5.74) is 5.03. The van der Waals surface area contributed by atoms with Crippen molar-refractivity contribution in [1.29, 1.82) is 0 Å². The predicted octanol–water partition coefficient (Wildman–Crippen LogP) is 6.83. The third-order valence-electron chi connectivity index (χ3n) is 4.50. The topological polar surface area (TPSA) is 35.0 Å². The lowest BCUT2D eigenvalue weighted by molar-refractivity contribution is 0.107. The van der Waals surface area contributed by atoms with Crippen LogP contribution in [0, 0.1) is 0 Å². The zero-order chi connectivity index (χ0) is 20.1. The monoisotopic (exact) mass is 420 g/mol. The first-order valence-corrected chi connectivity index (χ1v) is 9.94. The van der Waals surface area contributed by atoms with Gasteiger partial charge in [-0.25, -0.2) is 9.97 Å². The van der Waals surface area contributed by atoms with Gasteiger partial charge in [0.05, 0.1) is 18.2 Å². The van der Waals surface area contributed by atoms with E-state index in [9.17, 15) is 0 Å². The minimum Gasteiger partial charge on any atom is -0.372 e. The maximum atomic E-state index is 6.37. The first kappa shape index (κ1) is 19.6. The summed E-state index contributed by atoms with van der Waals surface area (Å²) in [6, 6.07) is 24.0. The number of aromatic nitrogens is 2. The fraction of sp³-hybridized carbons (Fsp3) is 0.0833. The largest absolute Gasteiger partial charge is 0.372 e.